The molecule has 136 valence electrons. The van der Waals surface area contributed by atoms with Crippen LogP contribution in [0.25, 0.3) is 0 Å². The molecular formula is C17H39NO4. The van der Waals surface area contributed by atoms with E-state index in [0.717, 1.165) is 0 Å². The largest absolute Gasteiger partial charge is 0.565 e. The van der Waals surface area contributed by atoms with Gasteiger partial charge in [0.25, 0.3) is 0 Å². The molecule has 0 atom stereocenters. The quantitative estimate of drug-likeness (QED) is 0.560. The van der Waals surface area contributed by atoms with Gasteiger partial charge in [0.15, 0.2) is 0 Å². The van der Waals surface area contributed by atoms with Crippen LogP contribution in [0, 0.1) is 0 Å². The van der Waals surface area contributed by atoms with E-state index in [1.165, 1.54) is 82.0 Å². The van der Waals surface area contributed by atoms with Gasteiger partial charge in [-0.05, 0) is 25.7 Å². The third kappa shape index (κ3) is 17.2. The topological polar surface area (TPSA) is 91.9 Å². The van der Waals surface area contributed by atoms with Crippen LogP contribution in [0.15, 0.2) is 0 Å². The third-order valence-corrected chi connectivity index (χ3v) is 3.94. The molecule has 0 unspecified atom stereocenters. The van der Waals surface area contributed by atoms with Gasteiger partial charge in [-0.3, -0.25) is 0 Å². The summed E-state index contributed by atoms with van der Waals surface area (Å²) in [5.41, 5.74) is 0. The lowest BCUT2D eigenvalue weighted by Crippen LogP contribution is -2.50. The molecule has 0 aliphatic heterocycles. The highest BCUT2D eigenvalue weighted by molar-refractivity contribution is 5.50. The molecule has 0 heterocycles. The van der Waals surface area contributed by atoms with Crippen LogP contribution in [0.1, 0.15) is 79.1 Å². The van der Waals surface area contributed by atoms with Gasteiger partial charge in [-0.2, -0.15) is 0 Å². The van der Waals surface area contributed by atoms with E-state index in [1.54, 1.807) is 0 Å². The molecule has 0 rings (SSSR count). The van der Waals surface area contributed by atoms with Crippen molar-refractivity contribution in [3.63, 3.8) is 0 Å². The zero-order chi connectivity index (χ0) is 16.6. The highest BCUT2D eigenvalue weighted by Gasteiger charge is 2.24. The average Bonchev–Trinajstić information content (AvgIpc) is 2.45. The van der Waals surface area contributed by atoms with Crippen LogP contribution in [0.3, 0.4) is 0 Å². The predicted molar refractivity (Wildman–Crippen MR) is 91.0 cm³/mol. The van der Waals surface area contributed by atoms with E-state index >= 15 is 0 Å². The average molecular weight is 322 g/mol. The van der Waals surface area contributed by atoms with Crippen molar-refractivity contribution in [3.05, 3.63) is 0 Å². The standard InChI is InChI=1S/C16H36N.CH2O3.H2O/c1-5-9-13-17(14-10-6-2,15-11-7-3)16-12-8-4;2-1(3)4;/h5-16H2,1-4H3;(H2,2,3,4);1H2/q+1;;/p-1. The third-order valence-electron chi connectivity index (χ3n) is 3.94. The summed E-state index contributed by atoms with van der Waals surface area (Å²) in [7, 11) is 0. The number of unbranched alkanes of at least 4 members (excludes halogenated alkanes) is 4. The molecule has 5 heteroatoms. The minimum Gasteiger partial charge on any atom is -0.565 e. The lowest BCUT2D eigenvalue weighted by molar-refractivity contribution is -0.929. The first-order valence-electron chi connectivity index (χ1n) is 8.73. The highest BCUT2D eigenvalue weighted by atomic mass is 16.6. The van der Waals surface area contributed by atoms with Crippen LogP contribution in [-0.2, 0) is 0 Å². The molecule has 0 aliphatic carbocycles. The second-order valence-corrected chi connectivity index (χ2v) is 5.92. The maximum absolute atomic E-state index is 8.44. The van der Waals surface area contributed by atoms with Gasteiger partial charge >= 0.3 is 0 Å². The Morgan fingerprint density at radius 1 is 0.773 bits per heavy atom. The van der Waals surface area contributed by atoms with Gasteiger partial charge in [0.2, 0.25) is 6.16 Å². The Morgan fingerprint density at radius 2 is 0.955 bits per heavy atom. The second kappa shape index (κ2) is 18.2. The maximum atomic E-state index is 8.44. The van der Waals surface area contributed by atoms with Gasteiger partial charge in [0, 0.05) is 0 Å². The van der Waals surface area contributed by atoms with Crippen molar-refractivity contribution in [3.8, 4) is 0 Å². The zero-order valence-electron chi connectivity index (χ0n) is 15.2. The van der Waals surface area contributed by atoms with E-state index < -0.39 is 6.16 Å². The molecule has 0 bridgehead atoms. The summed E-state index contributed by atoms with van der Waals surface area (Å²) >= 11 is 0. The van der Waals surface area contributed by atoms with Crippen LogP contribution in [-0.4, -0.2) is 47.4 Å². The molecule has 0 amide bonds. The van der Waals surface area contributed by atoms with Crippen molar-refractivity contribution in [2.75, 3.05) is 26.2 Å². The SMILES string of the molecule is CCCC[N+](CCCC)(CCCC)CCCC.O.O=C([O-])O. The monoisotopic (exact) mass is 321 g/mol. The number of quaternary nitrogens is 1. The van der Waals surface area contributed by atoms with Crippen molar-refractivity contribution < 1.29 is 25.0 Å². The number of hydrogen-bond donors (Lipinski definition) is 1. The maximum Gasteiger partial charge on any atom is 0.249 e. The minimum atomic E-state index is -2.08. The molecule has 3 N–H and O–H groups in total. The molecule has 0 radical (unpaired) electrons. The Labute approximate surface area is 137 Å². The summed E-state index contributed by atoms with van der Waals surface area (Å²) in [5.74, 6) is 0. The molecule has 0 saturated heterocycles. The lowest BCUT2D eigenvalue weighted by atomic mass is 10.1. The lowest BCUT2D eigenvalue weighted by Gasteiger charge is -2.39. The molecule has 0 aromatic carbocycles. The molecule has 0 aromatic heterocycles. The first-order valence-corrected chi connectivity index (χ1v) is 8.73. The van der Waals surface area contributed by atoms with Crippen molar-refractivity contribution in [1.29, 1.82) is 0 Å². The van der Waals surface area contributed by atoms with Crippen LogP contribution >= 0.6 is 0 Å². The molecule has 22 heavy (non-hydrogen) atoms. The van der Waals surface area contributed by atoms with Crippen LogP contribution in [0.5, 0.6) is 0 Å². The normalized spacial score (nSPS) is 10.4. The molecule has 5 nitrogen and oxygen atoms in total. The summed E-state index contributed by atoms with van der Waals surface area (Å²) in [4.78, 5) is 8.44. The van der Waals surface area contributed by atoms with Gasteiger partial charge in [0.1, 0.15) is 0 Å². The molecule has 0 saturated carbocycles. The van der Waals surface area contributed by atoms with Gasteiger partial charge in [-0.1, -0.05) is 53.4 Å². The van der Waals surface area contributed by atoms with E-state index in [4.69, 9.17) is 15.0 Å². The first kappa shape index (κ1) is 26.1. The minimum absolute atomic E-state index is 0. The van der Waals surface area contributed by atoms with Crippen molar-refractivity contribution in [2.45, 2.75) is 79.1 Å². The summed E-state index contributed by atoms with van der Waals surface area (Å²) in [6, 6.07) is 0. The second-order valence-electron chi connectivity index (χ2n) is 5.92. The summed E-state index contributed by atoms with van der Waals surface area (Å²) in [6.07, 6.45) is 8.98. The van der Waals surface area contributed by atoms with Crippen LogP contribution < -0.4 is 5.11 Å². The molecule has 0 fully saturated rings. The number of hydrogen-bond acceptors (Lipinski definition) is 2. The fourth-order valence-electron chi connectivity index (χ4n) is 2.64. The van der Waals surface area contributed by atoms with E-state index in [0.29, 0.717) is 0 Å². The summed E-state index contributed by atoms with van der Waals surface area (Å²) in [6.45, 7) is 15.0. The summed E-state index contributed by atoms with van der Waals surface area (Å²) < 4.78 is 1.42. The fraction of sp³-hybridized carbons (Fsp3) is 0.941. The van der Waals surface area contributed by atoms with E-state index in [9.17, 15) is 0 Å². The highest BCUT2D eigenvalue weighted by Crippen LogP contribution is 2.16. The Kier molecular flexibility index (Phi) is 21.6. The fourth-order valence-corrected chi connectivity index (χ4v) is 2.64. The Balaban J connectivity index is -0.000000640. The Morgan fingerprint density at radius 3 is 1.09 bits per heavy atom. The molecular weight excluding hydrogens is 282 g/mol. The molecule has 0 aliphatic rings. The van der Waals surface area contributed by atoms with Gasteiger partial charge in [-0.15, -0.1) is 0 Å². The van der Waals surface area contributed by atoms with E-state index in [1.807, 2.05) is 0 Å². The summed E-state index contributed by atoms with van der Waals surface area (Å²) in [5, 5.41) is 15.3. The van der Waals surface area contributed by atoms with Crippen molar-refractivity contribution in [1.82, 2.24) is 0 Å². The van der Waals surface area contributed by atoms with Gasteiger partial charge in [0.05, 0.1) is 26.2 Å². The smallest absolute Gasteiger partial charge is 0.249 e. The van der Waals surface area contributed by atoms with E-state index in [-0.39, 0.29) is 5.48 Å². The van der Waals surface area contributed by atoms with Gasteiger partial charge in [-0.25, -0.2) is 0 Å². The zero-order valence-corrected chi connectivity index (χ0v) is 15.2. The Hall–Kier alpha value is -0.810. The number of nitrogens with zero attached hydrogens (tertiary/aromatic N) is 1. The molecule has 0 aromatic rings. The Bertz CT molecular complexity index is 193. The number of carbonyl (C=O) groups is 1. The van der Waals surface area contributed by atoms with E-state index in [2.05, 4.69) is 27.7 Å². The van der Waals surface area contributed by atoms with Gasteiger partial charge < -0.3 is 25.0 Å². The first-order chi connectivity index (χ1) is 9.97. The van der Waals surface area contributed by atoms with Crippen LogP contribution in [0.2, 0.25) is 0 Å². The number of rotatable bonds is 12. The predicted octanol–water partition coefficient (Wildman–Crippen LogP) is 3.07. The van der Waals surface area contributed by atoms with Crippen molar-refractivity contribution >= 4 is 6.16 Å². The number of carboxylic acid groups (broad SMARTS) is 2. The van der Waals surface area contributed by atoms with Crippen molar-refractivity contribution in [2.24, 2.45) is 0 Å². The molecule has 0 spiro atoms. The van der Waals surface area contributed by atoms with Crippen LogP contribution in [0.4, 0.5) is 4.79 Å².